The van der Waals surface area contributed by atoms with E-state index in [-0.39, 0.29) is 11.1 Å². The lowest BCUT2D eigenvalue weighted by Gasteiger charge is -1.96. The van der Waals surface area contributed by atoms with Crippen LogP contribution in [0.25, 0.3) is 0 Å². The summed E-state index contributed by atoms with van der Waals surface area (Å²) in [4.78, 5) is 10.5. The van der Waals surface area contributed by atoms with Crippen LogP contribution in [-0.4, -0.2) is 11.1 Å². The minimum absolute atomic E-state index is 0.0615. The van der Waals surface area contributed by atoms with Gasteiger partial charge < -0.3 is 5.11 Å². The minimum Gasteiger partial charge on any atom is -0.478 e. The number of hydrogen-bond donors (Lipinski definition) is 1. The first kappa shape index (κ1) is 11.3. The van der Waals surface area contributed by atoms with Gasteiger partial charge in [-0.05, 0) is 24.6 Å². The molecular weight excluding hydrogens is 195 g/mol. The molecule has 3 heteroatoms. The molecule has 0 aliphatic carbocycles. The standard InChI is InChI=1S/C12H11FO2/c1-2-3-4-5-9-6-7-10(12(14)15)8-11(9)13/h6-8H,2-3H2,1H3,(H,14,15). The summed E-state index contributed by atoms with van der Waals surface area (Å²) < 4.78 is 13.3. The number of rotatable bonds is 2. The van der Waals surface area contributed by atoms with Crippen LogP contribution in [0.2, 0.25) is 0 Å². The summed E-state index contributed by atoms with van der Waals surface area (Å²) in [5.74, 6) is 3.74. The van der Waals surface area contributed by atoms with Gasteiger partial charge in [-0.15, -0.1) is 0 Å². The van der Waals surface area contributed by atoms with Crippen molar-refractivity contribution >= 4 is 5.97 Å². The van der Waals surface area contributed by atoms with Crippen LogP contribution in [0, 0.1) is 17.7 Å². The van der Waals surface area contributed by atoms with Crippen molar-refractivity contribution < 1.29 is 14.3 Å². The lowest BCUT2D eigenvalue weighted by molar-refractivity contribution is 0.0696. The van der Waals surface area contributed by atoms with Gasteiger partial charge in [0.15, 0.2) is 0 Å². The molecule has 0 radical (unpaired) electrons. The Morgan fingerprint density at radius 1 is 1.53 bits per heavy atom. The summed E-state index contributed by atoms with van der Waals surface area (Å²) in [6, 6.07) is 3.72. The van der Waals surface area contributed by atoms with Crippen molar-refractivity contribution in [3.63, 3.8) is 0 Å². The van der Waals surface area contributed by atoms with Crippen LogP contribution in [0.5, 0.6) is 0 Å². The average molecular weight is 206 g/mol. The molecule has 0 amide bonds. The lowest BCUT2D eigenvalue weighted by Crippen LogP contribution is -1.97. The number of carbonyl (C=O) groups is 1. The Bertz CT molecular complexity index is 427. The van der Waals surface area contributed by atoms with E-state index in [1.54, 1.807) is 0 Å². The van der Waals surface area contributed by atoms with Crippen molar-refractivity contribution in [1.29, 1.82) is 0 Å². The van der Waals surface area contributed by atoms with Crippen molar-refractivity contribution in [1.82, 2.24) is 0 Å². The maximum Gasteiger partial charge on any atom is 0.335 e. The molecule has 0 heterocycles. The Kier molecular flexibility index (Phi) is 3.87. The highest BCUT2D eigenvalue weighted by molar-refractivity contribution is 5.87. The fourth-order valence-corrected chi connectivity index (χ4v) is 1.03. The zero-order chi connectivity index (χ0) is 11.3. The van der Waals surface area contributed by atoms with E-state index >= 15 is 0 Å². The molecule has 1 N–H and O–H groups in total. The zero-order valence-electron chi connectivity index (χ0n) is 8.38. The molecule has 1 aromatic carbocycles. The van der Waals surface area contributed by atoms with Gasteiger partial charge in [0.25, 0.3) is 0 Å². The van der Waals surface area contributed by atoms with Gasteiger partial charge in [-0.2, -0.15) is 0 Å². The number of benzene rings is 1. The SMILES string of the molecule is CCCC#Cc1ccc(C(=O)O)cc1F. The normalized spacial score (nSPS) is 9.20. The number of aromatic carboxylic acids is 1. The van der Waals surface area contributed by atoms with Crippen molar-refractivity contribution in [2.45, 2.75) is 19.8 Å². The maximum atomic E-state index is 13.3. The van der Waals surface area contributed by atoms with Crippen LogP contribution < -0.4 is 0 Å². The van der Waals surface area contributed by atoms with Crippen molar-refractivity contribution in [3.8, 4) is 11.8 Å². The molecule has 0 spiro atoms. The second-order valence-electron chi connectivity index (χ2n) is 3.05. The van der Waals surface area contributed by atoms with Gasteiger partial charge in [0, 0.05) is 6.42 Å². The molecule has 0 bridgehead atoms. The first-order chi connectivity index (χ1) is 7.15. The summed E-state index contributed by atoms with van der Waals surface area (Å²) in [5, 5.41) is 8.61. The molecule has 0 saturated carbocycles. The molecule has 0 aromatic heterocycles. The fraction of sp³-hybridized carbons (Fsp3) is 0.250. The fourth-order valence-electron chi connectivity index (χ4n) is 1.03. The number of unbranched alkanes of at least 4 members (excludes halogenated alkanes) is 1. The van der Waals surface area contributed by atoms with Gasteiger partial charge in [0.05, 0.1) is 11.1 Å². The Hall–Kier alpha value is -1.82. The highest BCUT2D eigenvalue weighted by atomic mass is 19.1. The molecule has 2 nitrogen and oxygen atoms in total. The van der Waals surface area contributed by atoms with Gasteiger partial charge in [-0.1, -0.05) is 18.8 Å². The molecule has 0 fully saturated rings. The second-order valence-corrected chi connectivity index (χ2v) is 3.05. The topological polar surface area (TPSA) is 37.3 Å². The highest BCUT2D eigenvalue weighted by Gasteiger charge is 2.06. The number of carboxylic acid groups (broad SMARTS) is 1. The molecule has 0 saturated heterocycles. The predicted molar refractivity (Wildman–Crippen MR) is 55.1 cm³/mol. The molecule has 0 aliphatic heterocycles. The summed E-state index contributed by atoms with van der Waals surface area (Å²) in [6.07, 6.45) is 1.63. The van der Waals surface area contributed by atoms with E-state index in [1.807, 2.05) is 6.92 Å². The maximum absolute atomic E-state index is 13.3. The van der Waals surface area contributed by atoms with E-state index in [0.29, 0.717) is 6.42 Å². The largest absolute Gasteiger partial charge is 0.478 e. The van der Waals surface area contributed by atoms with Crippen LogP contribution in [0.1, 0.15) is 35.7 Å². The molecule has 0 atom stereocenters. The Balaban J connectivity index is 2.95. The molecule has 0 unspecified atom stereocenters. The summed E-state index contributed by atoms with van der Waals surface area (Å²) in [7, 11) is 0. The average Bonchev–Trinajstić information content (AvgIpc) is 2.20. The van der Waals surface area contributed by atoms with Crippen molar-refractivity contribution in [2.75, 3.05) is 0 Å². The van der Waals surface area contributed by atoms with E-state index in [2.05, 4.69) is 11.8 Å². The van der Waals surface area contributed by atoms with Crippen LogP contribution in [0.3, 0.4) is 0 Å². The van der Waals surface area contributed by atoms with Gasteiger partial charge in [0.2, 0.25) is 0 Å². The third kappa shape index (κ3) is 3.10. The van der Waals surface area contributed by atoms with E-state index in [9.17, 15) is 9.18 Å². The smallest absolute Gasteiger partial charge is 0.335 e. The van der Waals surface area contributed by atoms with Crippen LogP contribution in [0.15, 0.2) is 18.2 Å². The number of carboxylic acids is 1. The molecule has 15 heavy (non-hydrogen) atoms. The lowest BCUT2D eigenvalue weighted by atomic mass is 10.1. The first-order valence-electron chi connectivity index (χ1n) is 4.67. The molecule has 78 valence electrons. The first-order valence-corrected chi connectivity index (χ1v) is 4.67. The predicted octanol–water partition coefficient (Wildman–Crippen LogP) is 2.68. The zero-order valence-corrected chi connectivity index (χ0v) is 8.38. The van der Waals surface area contributed by atoms with Crippen LogP contribution >= 0.6 is 0 Å². The molecule has 1 aromatic rings. The van der Waals surface area contributed by atoms with Crippen molar-refractivity contribution in [3.05, 3.63) is 35.1 Å². The van der Waals surface area contributed by atoms with Crippen LogP contribution in [0.4, 0.5) is 4.39 Å². The summed E-state index contributed by atoms with van der Waals surface area (Å²) >= 11 is 0. The van der Waals surface area contributed by atoms with E-state index in [0.717, 1.165) is 12.5 Å². The monoisotopic (exact) mass is 206 g/mol. The third-order valence-corrected chi connectivity index (χ3v) is 1.81. The van der Waals surface area contributed by atoms with E-state index < -0.39 is 11.8 Å². The summed E-state index contributed by atoms with van der Waals surface area (Å²) in [5.41, 5.74) is 0.182. The quantitative estimate of drug-likeness (QED) is 0.755. The number of hydrogen-bond acceptors (Lipinski definition) is 1. The Morgan fingerprint density at radius 3 is 2.80 bits per heavy atom. The highest BCUT2D eigenvalue weighted by Crippen LogP contribution is 2.09. The third-order valence-electron chi connectivity index (χ3n) is 1.81. The second kappa shape index (κ2) is 5.16. The van der Waals surface area contributed by atoms with Gasteiger partial charge in [-0.25, -0.2) is 9.18 Å². The molecular formula is C12H11FO2. The van der Waals surface area contributed by atoms with Crippen molar-refractivity contribution in [2.24, 2.45) is 0 Å². The Morgan fingerprint density at radius 2 is 2.27 bits per heavy atom. The van der Waals surface area contributed by atoms with E-state index in [4.69, 9.17) is 5.11 Å². The number of halogens is 1. The Labute approximate surface area is 87.7 Å². The molecule has 1 rings (SSSR count). The van der Waals surface area contributed by atoms with Gasteiger partial charge in [0.1, 0.15) is 5.82 Å². The van der Waals surface area contributed by atoms with E-state index in [1.165, 1.54) is 12.1 Å². The van der Waals surface area contributed by atoms with Gasteiger partial charge >= 0.3 is 5.97 Å². The summed E-state index contributed by atoms with van der Waals surface area (Å²) in [6.45, 7) is 1.98. The molecule has 0 aliphatic rings. The minimum atomic E-state index is -1.14. The van der Waals surface area contributed by atoms with Gasteiger partial charge in [-0.3, -0.25) is 0 Å². The van der Waals surface area contributed by atoms with Crippen LogP contribution in [-0.2, 0) is 0 Å².